The Morgan fingerprint density at radius 3 is 2.50 bits per heavy atom. The summed E-state index contributed by atoms with van der Waals surface area (Å²) in [5.74, 6) is -0.0415. The highest BCUT2D eigenvalue weighted by Gasteiger charge is 2.14. The molecule has 2 aromatic carbocycles. The van der Waals surface area contributed by atoms with E-state index in [0.29, 0.717) is 5.75 Å². The minimum Gasteiger partial charge on any atom is -0.489 e. The second-order valence-corrected chi connectivity index (χ2v) is 6.06. The van der Waals surface area contributed by atoms with Gasteiger partial charge in [-0.05, 0) is 35.4 Å². The Bertz CT molecular complexity index is 746. The van der Waals surface area contributed by atoms with E-state index in [1.54, 1.807) is 36.4 Å². The van der Waals surface area contributed by atoms with E-state index in [1.165, 1.54) is 19.1 Å². The number of carbonyl (C=O) groups is 2. The van der Waals surface area contributed by atoms with Gasteiger partial charge in [-0.1, -0.05) is 24.3 Å². The summed E-state index contributed by atoms with van der Waals surface area (Å²) in [5, 5.41) is 11.7. The van der Waals surface area contributed by atoms with Crippen molar-refractivity contribution < 1.29 is 23.8 Å². The molecule has 0 saturated carbocycles. The predicted molar refractivity (Wildman–Crippen MR) is 95.2 cm³/mol. The van der Waals surface area contributed by atoms with Crippen LogP contribution in [0.25, 0.3) is 0 Å². The zero-order chi connectivity index (χ0) is 18.9. The highest BCUT2D eigenvalue weighted by Crippen LogP contribution is 2.15. The summed E-state index contributed by atoms with van der Waals surface area (Å²) < 4.78 is 18.7. The molecule has 5 nitrogen and oxygen atoms in total. The average Bonchev–Trinajstić information content (AvgIpc) is 2.60. The molecule has 0 aliphatic heterocycles. The lowest BCUT2D eigenvalue weighted by molar-refractivity contribution is -0.121. The first-order valence-electron chi connectivity index (χ1n) is 8.32. The Morgan fingerprint density at radius 1 is 1.15 bits per heavy atom. The van der Waals surface area contributed by atoms with E-state index < -0.39 is 6.04 Å². The lowest BCUT2D eigenvalue weighted by Crippen LogP contribution is -2.37. The van der Waals surface area contributed by atoms with E-state index in [0.717, 1.165) is 11.1 Å². The number of hydrogen-bond acceptors (Lipinski definition) is 4. The summed E-state index contributed by atoms with van der Waals surface area (Å²) in [6.07, 6.45) is 0.286. The molecular weight excluding hydrogens is 337 g/mol. The van der Waals surface area contributed by atoms with E-state index in [1.807, 2.05) is 0 Å². The number of hydrogen-bond donors (Lipinski definition) is 2. The van der Waals surface area contributed by atoms with Gasteiger partial charge in [-0.25, -0.2) is 4.39 Å². The molecule has 0 heterocycles. The molecule has 0 aliphatic rings. The van der Waals surface area contributed by atoms with Crippen LogP contribution in [0.5, 0.6) is 5.75 Å². The first-order chi connectivity index (χ1) is 12.5. The molecule has 0 aliphatic carbocycles. The molecule has 26 heavy (non-hydrogen) atoms. The van der Waals surface area contributed by atoms with Crippen LogP contribution in [0, 0.1) is 5.82 Å². The number of benzene rings is 2. The quantitative estimate of drug-likeness (QED) is 0.721. The first kappa shape index (κ1) is 19.6. The third-order valence-electron chi connectivity index (χ3n) is 3.72. The maximum atomic E-state index is 13.1. The van der Waals surface area contributed by atoms with Crippen LogP contribution in [-0.2, 0) is 22.6 Å². The standard InChI is InChI=1S/C20H22FNO4/c1-14(24)22-18(12-23)11-19(25)10-15-5-7-20(8-6-15)26-13-16-3-2-4-17(21)9-16/h2-9,18,23H,10-13H2,1H3,(H,22,24). The number of ether oxygens (including phenoxy) is 1. The molecule has 0 bridgehead atoms. The van der Waals surface area contributed by atoms with Gasteiger partial charge < -0.3 is 15.2 Å². The predicted octanol–water partition coefficient (Wildman–Crippen LogP) is 2.40. The monoisotopic (exact) mass is 359 g/mol. The molecule has 1 amide bonds. The number of carbonyl (C=O) groups excluding carboxylic acids is 2. The highest BCUT2D eigenvalue weighted by molar-refractivity contribution is 5.82. The second-order valence-electron chi connectivity index (χ2n) is 6.06. The molecule has 2 rings (SSSR count). The number of Topliss-reactive ketones (excluding diaryl/α,β-unsaturated/α-hetero) is 1. The SMILES string of the molecule is CC(=O)NC(CO)CC(=O)Cc1ccc(OCc2cccc(F)c2)cc1. The lowest BCUT2D eigenvalue weighted by Gasteiger charge is -2.14. The number of halogens is 1. The zero-order valence-corrected chi connectivity index (χ0v) is 14.6. The largest absolute Gasteiger partial charge is 0.489 e. The van der Waals surface area contributed by atoms with Gasteiger partial charge in [0.2, 0.25) is 5.91 Å². The van der Waals surface area contributed by atoms with Crippen LogP contribution in [-0.4, -0.2) is 29.4 Å². The van der Waals surface area contributed by atoms with E-state index in [4.69, 9.17) is 4.74 Å². The Morgan fingerprint density at radius 2 is 1.88 bits per heavy atom. The summed E-state index contributed by atoms with van der Waals surface area (Å²) in [7, 11) is 0. The van der Waals surface area contributed by atoms with Crippen LogP contribution < -0.4 is 10.1 Å². The Kier molecular flexibility index (Phi) is 7.29. The fourth-order valence-corrected chi connectivity index (χ4v) is 2.52. The maximum Gasteiger partial charge on any atom is 0.217 e. The highest BCUT2D eigenvalue weighted by atomic mass is 19.1. The van der Waals surface area contributed by atoms with Crippen LogP contribution in [0.15, 0.2) is 48.5 Å². The third kappa shape index (κ3) is 6.64. The van der Waals surface area contributed by atoms with E-state index >= 15 is 0 Å². The molecule has 2 N–H and O–H groups in total. The molecule has 138 valence electrons. The first-order valence-corrected chi connectivity index (χ1v) is 8.32. The topological polar surface area (TPSA) is 75.6 Å². The van der Waals surface area contributed by atoms with Crippen LogP contribution in [0.2, 0.25) is 0 Å². The molecular formula is C20H22FNO4. The van der Waals surface area contributed by atoms with Gasteiger partial charge in [0.25, 0.3) is 0 Å². The van der Waals surface area contributed by atoms with E-state index in [9.17, 15) is 19.1 Å². The minimum atomic E-state index is -0.561. The lowest BCUT2D eigenvalue weighted by atomic mass is 10.0. The van der Waals surface area contributed by atoms with Crippen molar-refractivity contribution in [2.24, 2.45) is 0 Å². The zero-order valence-electron chi connectivity index (χ0n) is 14.6. The van der Waals surface area contributed by atoms with Crippen LogP contribution in [0.4, 0.5) is 4.39 Å². The second kappa shape index (κ2) is 9.68. The summed E-state index contributed by atoms with van der Waals surface area (Å²) >= 11 is 0. The normalized spacial score (nSPS) is 11.7. The molecule has 1 unspecified atom stereocenters. The molecule has 0 spiro atoms. The molecule has 6 heteroatoms. The summed E-state index contributed by atoms with van der Waals surface area (Å²) in [4.78, 5) is 23.1. The third-order valence-corrected chi connectivity index (χ3v) is 3.72. The summed E-state index contributed by atoms with van der Waals surface area (Å²) in [6, 6.07) is 12.7. The Balaban J connectivity index is 1.84. The van der Waals surface area contributed by atoms with Gasteiger partial charge in [-0.15, -0.1) is 0 Å². The van der Waals surface area contributed by atoms with Crippen molar-refractivity contribution in [1.29, 1.82) is 0 Å². The molecule has 0 aromatic heterocycles. The van der Waals surface area contributed by atoms with Gasteiger partial charge in [0.15, 0.2) is 0 Å². The molecule has 0 radical (unpaired) electrons. The Labute approximate surface area is 151 Å². The van der Waals surface area contributed by atoms with E-state index in [-0.39, 0.29) is 43.6 Å². The number of amides is 1. The van der Waals surface area contributed by atoms with Crippen LogP contribution in [0.1, 0.15) is 24.5 Å². The van der Waals surface area contributed by atoms with E-state index in [2.05, 4.69) is 5.32 Å². The fourth-order valence-electron chi connectivity index (χ4n) is 2.52. The summed E-state index contributed by atoms with van der Waals surface area (Å²) in [6.45, 7) is 1.32. The number of rotatable bonds is 9. The van der Waals surface area contributed by atoms with Crippen molar-refractivity contribution in [3.05, 3.63) is 65.5 Å². The Hall–Kier alpha value is -2.73. The number of aliphatic hydroxyl groups is 1. The molecule has 1 atom stereocenters. The van der Waals surface area contributed by atoms with Crippen LogP contribution >= 0.6 is 0 Å². The van der Waals surface area contributed by atoms with Gasteiger partial charge in [-0.2, -0.15) is 0 Å². The van der Waals surface area contributed by atoms with Gasteiger partial charge in [-0.3, -0.25) is 9.59 Å². The number of aliphatic hydroxyl groups excluding tert-OH is 1. The molecule has 2 aromatic rings. The number of nitrogens with one attached hydrogen (secondary N) is 1. The van der Waals surface area contributed by atoms with Gasteiger partial charge in [0.05, 0.1) is 12.6 Å². The van der Waals surface area contributed by atoms with Crippen LogP contribution in [0.3, 0.4) is 0 Å². The summed E-state index contributed by atoms with van der Waals surface area (Å²) in [5.41, 5.74) is 1.55. The van der Waals surface area contributed by atoms with Crippen molar-refractivity contribution in [2.75, 3.05) is 6.61 Å². The van der Waals surface area contributed by atoms with Gasteiger partial charge >= 0.3 is 0 Å². The van der Waals surface area contributed by atoms with Crippen molar-refractivity contribution in [2.45, 2.75) is 32.4 Å². The van der Waals surface area contributed by atoms with Crippen molar-refractivity contribution >= 4 is 11.7 Å². The molecule has 0 saturated heterocycles. The maximum absolute atomic E-state index is 13.1. The smallest absolute Gasteiger partial charge is 0.217 e. The van der Waals surface area contributed by atoms with Crippen molar-refractivity contribution in [3.63, 3.8) is 0 Å². The number of ketones is 1. The van der Waals surface area contributed by atoms with Gasteiger partial charge in [0, 0.05) is 19.8 Å². The minimum absolute atomic E-state index is 0.0773. The molecule has 0 fully saturated rings. The fraction of sp³-hybridized carbons (Fsp3) is 0.300. The van der Waals surface area contributed by atoms with Gasteiger partial charge in [0.1, 0.15) is 24.0 Å². The van der Waals surface area contributed by atoms with Crippen molar-refractivity contribution in [3.8, 4) is 5.75 Å². The average molecular weight is 359 g/mol. The van der Waals surface area contributed by atoms with Crippen molar-refractivity contribution in [1.82, 2.24) is 5.32 Å².